The highest BCUT2D eigenvalue weighted by Gasteiger charge is 2.15. The predicted molar refractivity (Wildman–Crippen MR) is 116 cm³/mol. The van der Waals surface area contributed by atoms with Crippen LogP contribution in [-0.2, 0) is 11.3 Å². The molecule has 3 aromatic rings. The van der Waals surface area contributed by atoms with E-state index in [2.05, 4.69) is 67.5 Å². The van der Waals surface area contributed by atoms with Crippen LogP contribution in [0, 0.1) is 6.92 Å². The molecule has 0 aliphatic carbocycles. The number of amides is 1. The molecule has 0 saturated carbocycles. The molecule has 0 fully saturated rings. The van der Waals surface area contributed by atoms with E-state index in [1.165, 1.54) is 22.9 Å². The first-order valence-corrected chi connectivity index (χ1v) is 10.5. The quantitative estimate of drug-likeness (QED) is 0.565. The highest BCUT2D eigenvalue weighted by molar-refractivity contribution is 7.99. The summed E-state index contributed by atoms with van der Waals surface area (Å²) in [6.07, 6.45) is 0. The van der Waals surface area contributed by atoms with Crippen LogP contribution >= 0.6 is 11.8 Å². The number of aryl methyl sites for hydroxylation is 1. The van der Waals surface area contributed by atoms with E-state index < -0.39 is 0 Å². The number of hydrogen-bond acceptors (Lipinski definition) is 4. The molecule has 0 radical (unpaired) electrons. The van der Waals surface area contributed by atoms with Crippen molar-refractivity contribution >= 4 is 23.4 Å². The summed E-state index contributed by atoms with van der Waals surface area (Å²) >= 11 is 1.40. The molecule has 5 nitrogen and oxygen atoms in total. The van der Waals surface area contributed by atoms with Gasteiger partial charge in [0.1, 0.15) is 0 Å². The zero-order chi connectivity index (χ0) is 20.1. The molecule has 6 heteroatoms. The van der Waals surface area contributed by atoms with Crippen molar-refractivity contribution in [2.24, 2.45) is 0 Å². The molecule has 1 N–H and O–H groups in total. The fourth-order valence-electron chi connectivity index (χ4n) is 2.96. The van der Waals surface area contributed by atoms with Gasteiger partial charge in [0, 0.05) is 17.8 Å². The van der Waals surface area contributed by atoms with Gasteiger partial charge < -0.3 is 9.88 Å². The van der Waals surface area contributed by atoms with Gasteiger partial charge in [-0.1, -0.05) is 61.5 Å². The summed E-state index contributed by atoms with van der Waals surface area (Å²) in [6.45, 7) is 9.17. The van der Waals surface area contributed by atoms with Gasteiger partial charge in [-0.25, -0.2) is 0 Å². The van der Waals surface area contributed by atoms with E-state index in [0.29, 0.717) is 5.92 Å². The predicted octanol–water partition coefficient (Wildman–Crippen LogP) is 5.13. The van der Waals surface area contributed by atoms with Crippen LogP contribution in [0.2, 0.25) is 0 Å². The van der Waals surface area contributed by atoms with Gasteiger partial charge in [-0.15, -0.1) is 10.2 Å². The molecule has 0 spiro atoms. The lowest BCUT2D eigenvalue weighted by Crippen LogP contribution is -2.14. The Kier molecular flexibility index (Phi) is 6.52. The maximum absolute atomic E-state index is 12.3. The van der Waals surface area contributed by atoms with Gasteiger partial charge in [0.15, 0.2) is 11.0 Å². The Balaban J connectivity index is 1.65. The molecule has 0 saturated heterocycles. The van der Waals surface area contributed by atoms with Crippen LogP contribution < -0.4 is 5.32 Å². The number of hydrogen-bond donors (Lipinski definition) is 1. The molecule has 146 valence electrons. The smallest absolute Gasteiger partial charge is 0.234 e. The number of thioether (sulfide) groups is 1. The fourth-order valence-corrected chi connectivity index (χ4v) is 3.76. The Labute approximate surface area is 170 Å². The number of nitrogens with one attached hydrogen (secondary N) is 1. The topological polar surface area (TPSA) is 59.8 Å². The summed E-state index contributed by atoms with van der Waals surface area (Å²) in [5, 5.41) is 12.3. The highest BCUT2D eigenvalue weighted by Crippen LogP contribution is 2.25. The van der Waals surface area contributed by atoms with Crippen molar-refractivity contribution < 1.29 is 4.79 Å². The van der Waals surface area contributed by atoms with Gasteiger partial charge in [0.2, 0.25) is 5.91 Å². The van der Waals surface area contributed by atoms with E-state index in [-0.39, 0.29) is 11.7 Å². The second kappa shape index (κ2) is 9.06. The molecule has 0 atom stereocenters. The van der Waals surface area contributed by atoms with Gasteiger partial charge in [0.25, 0.3) is 0 Å². The average Bonchev–Trinajstić information content (AvgIpc) is 3.09. The summed E-state index contributed by atoms with van der Waals surface area (Å²) in [5.41, 5.74) is 4.29. The molecule has 3 rings (SSSR count). The number of nitrogens with zero attached hydrogens (tertiary/aromatic N) is 3. The summed E-state index contributed by atoms with van der Waals surface area (Å²) in [5.74, 6) is 1.55. The lowest BCUT2D eigenvalue weighted by molar-refractivity contribution is -0.113. The van der Waals surface area contributed by atoms with Crippen molar-refractivity contribution in [1.29, 1.82) is 0 Å². The first-order chi connectivity index (χ1) is 13.5. The molecule has 0 aliphatic heterocycles. The molecule has 1 amide bonds. The van der Waals surface area contributed by atoms with Gasteiger partial charge >= 0.3 is 0 Å². The zero-order valence-corrected chi connectivity index (χ0v) is 17.6. The minimum atomic E-state index is -0.0509. The number of aromatic nitrogens is 3. The number of benzene rings is 2. The number of rotatable bonds is 7. The number of carbonyl (C=O) groups excluding carboxylic acids is 1. The van der Waals surface area contributed by atoms with Crippen molar-refractivity contribution in [2.75, 3.05) is 11.1 Å². The van der Waals surface area contributed by atoms with E-state index in [0.717, 1.165) is 28.8 Å². The highest BCUT2D eigenvalue weighted by atomic mass is 32.2. The molecule has 2 aromatic carbocycles. The Morgan fingerprint density at radius 1 is 1.14 bits per heavy atom. The minimum absolute atomic E-state index is 0.0509. The van der Waals surface area contributed by atoms with Gasteiger partial charge in [0.05, 0.1) is 5.75 Å². The monoisotopic (exact) mass is 394 g/mol. The summed E-state index contributed by atoms with van der Waals surface area (Å²) in [4.78, 5) is 12.3. The van der Waals surface area contributed by atoms with Crippen molar-refractivity contribution in [3.63, 3.8) is 0 Å². The molecular weight excluding hydrogens is 368 g/mol. The average molecular weight is 395 g/mol. The maximum atomic E-state index is 12.3. The van der Waals surface area contributed by atoms with Crippen molar-refractivity contribution in [3.8, 4) is 11.4 Å². The molecule has 0 aliphatic rings. The maximum Gasteiger partial charge on any atom is 0.234 e. The molecule has 1 heterocycles. The van der Waals surface area contributed by atoms with Crippen LogP contribution in [0.25, 0.3) is 11.4 Å². The molecule has 0 unspecified atom stereocenters. The Morgan fingerprint density at radius 3 is 2.54 bits per heavy atom. The number of anilines is 1. The third kappa shape index (κ3) is 4.81. The van der Waals surface area contributed by atoms with Gasteiger partial charge in [-0.2, -0.15) is 0 Å². The second-order valence-electron chi connectivity index (χ2n) is 7.03. The van der Waals surface area contributed by atoms with E-state index in [4.69, 9.17) is 0 Å². The van der Waals surface area contributed by atoms with Crippen LogP contribution in [0.3, 0.4) is 0 Å². The summed E-state index contributed by atoms with van der Waals surface area (Å²) in [6, 6.07) is 16.2. The third-order valence-electron chi connectivity index (χ3n) is 4.50. The lowest BCUT2D eigenvalue weighted by atomic mass is 10.0. The van der Waals surface area contributed by atoms with E-state index >= 15 is 0 Å². The van der Waals surface area contributed by atoms with Crippen LogP contribution in [0.4, 0.5) is 5.69 Å². The van der Waals surface area contributed by atoms with Gasteiger partial charge in [-0.3, -0.25) is 4.79 Å². The molecule has 0 bridgehead atoms. The van der Waals surface area contributed by atoms with E-state index in [1.54, 1.807) is 0 Å². The van der Waals surface area contributed by atoms with Crippen molar-refractivity contribution in [2.45, 2.75) is 45.3 Å². The second-order valence-corrected chi connectivity index (χ2v) is 7.98. The largest absolute Gasteiger partial charge is 0.325 e. The van der Waals surface area contributed by atoms with Crippen LogP contribution in [-0.4, -0.2) is 26.4 Å². The fraction of sp³-hybridized carbons (Fsp3) is 0.318. The Hall–Kier alpha value is -2.60. The first-order valence-electron chi connectivity index (χ1n) is 9.50. The molecular formula is C22H26N4OS. The van der Waals surface area contributed by atoms with Crippen LogP contribution in [0.1, 0.15) is 37.8 Å². The van der Waals surface area contributed by atoms with E-state index in [1.807, 2.05) is 28.8 Å². The lowest BCUT2D eigenvalue weighted by Gasteiger charge is -2.09. The van der Waals surface area contributed by atoms with Gasteiger partial charge in [-0.05, 0) is 43.5 Å². The summed E-state index contributed by atoms with van der Waals surface area (Å²) in [7, 11) is 0. The molecule has 28 heavy (non-hydrogen) atoms. The van der Waals surface area contributed by atoms with Crippen LogP contribution in [0.5, 0.6) is 0 Å². The van der Waals surface area contributed by atoms with Crippen LogP contribution in [0.15, 0.2) is 53.7 Å². The summed E-state index contributed by atoms with van der Waals surface area (Å²) < 4.78 is 2.05. The number of carbonyl (C=O) groups is 1. The minimum Gasteiger partial charge on any atom is -0.325 e. The normalized spacial score (nSPS) is 11.0. The van der Waals surface area contributed by atoms with Crippen molar-refractivity contribution in [1.82, 2.24) is 14.8 Å². The molecule has 1 aromatic heterocycles. The van der Waals surface area contributed by atoms with E-state index in [9.17, 15) is 4.79 Å². The SMILES string of the molecule is CCn1c(SCC(=O)Nc2ccc(C(C)C)cc2)nnc1-c1cccc(C)c1. The van der Waals surface area contributed by atoms with Crippen molar-refractivity contribution in [3.05, 3.63) is 59.7 Å². The third-order valence-corrected chi connectivity index (χ3v) is 5.47. The standard InChI is InChI=1S/C22H26N4OS/c1-5-26-21(18-8-6-7-16(4)13-18)24-25-22(26)28-14-20(27)23-19-11-9-17(10-12-19)15(2)3/h6-13,15H,5,14H2,1-4H3,(H,23,27). The first kappa shape index (κ1) is 20.1. The zero-order valence-electron chi connectivity index (χ0n) is 16.8. The Bertz CT molecular complexity index is 947. The Morgan fingerprint density at radius 2 is 1.89 bits per heavy atom.